The highest BCUT2D eigenvalue weighted by atomic mass is 32.1. The fourth-order valence-electron chi connectivity index (χ4n) is 4.03. The van der Waals surface area contributed by atoms with Crippen LogP contribution in [0.1, 0.15) is 32.1 Å². The molecule has 1 aromatic heterocycles. The normalized spacial score (nSPS) is 16.2. The lowest BCUT2D eigenvalue weighted by Gasteiger charge is -2.24. The molecule has 0 radical (unpaired) electrons. The molecule has 2 heterocycles. The largest absolute Gasteiger partial charge is 0.494 e. The standard InChI is InChI=1S/C25H28N2O4S/c28-24(29)4-2-16-27-15-1-3-20(27)13-17-30-21-9-11-23(12-10-21)31-22-7-5-19(6-8-22)25-26-14-18-32-25/h5-12,14,18,20H,1-4,13,15-17H2,(H,28,29)/t20-/m1/s1. The molecule has 0 aliphatic carbocycles. The molecule has 0 unspecified atom stereocenters. The zero-order valence-electron chi connectivity index (χ0n) is 18.0. The topological polar surface area (TPSA) is 71.9 Å². The maximum Gasteiger partial charge on any atom is 0.303 e. The van der Waals surface area contributed by atoms with Crippen molar-refractivity contribution < 1.29 is 19.4 Å². The summed E-state index contributed by atoms with van der Waals surface area (Å²) in [5.41, 5.74) is 1.08. The minimum Gasteiger partial charge on any atom is -0.494 e. The van der Waals surface area contributed by atoms with Crippen LogP contribution in [0, 0.1) is 0 Å². The summed E-state index contributed by atoms with van der Waals surface area (Å²) in [7, 11) is 0. The van der Waals surface area contributed by atoms with Gasteiger partial charge in [0.05, 0.1) is 6.61 Å². The summed E-state index contributed by atoms with van der Waals surface area (Å²) in [6.45, 7) is 2.56. The summed E-state index contributed by atoms with van der Waals surface area (Å²) in [6, 6.07) is 16.1. The highest BCUT2D eigenvalue weighted by molar-refractivity contribution is 7.13. The van der Waals surface area contributed by atoms with Gasteiger partial charge in [0.25, 0.3) is 0 Å². The van der Waals surface area contributed by atoms with E-state index in [0.29, 0.717) is 19.1 Å². The Balaban J connectivity index is 1.21. The summed E-state index contributed by atoms with van der Waals surface area (Å²) in [4.78, 5) is 17.4. The summed E-state index contributed by atoms with van der Waals surface area (Å²) in [5, 5.41) is 11.8. The van der Waals surface area contributed by atoms with Crippen LogP contribution < -0.4 is 9.47 Å². The third kappa shape index (κ3) is 6.31. The van der Waals surface area contributed by atoms with Gasteiger partial charge in [-0.05, 0) is 87.3 Å². The Morgan fingerprint density at radius 3 is 2.50 bits per heavy atom. The van der Waals surface area contributed by atoms with Crippen LogP contribution >= 0.6 is 11.3 Å². The fourth-order valence-corrected chi connectivity index (χ4v) is 4.68. The van der Waals surface area contributed by atoms with Crippen molar-refractivity contribution in [2.75, 3.05) is 19.7 Å². The van der Waals surface area contributed by atoms with E-state index in [1.165, 1.54) is 6.42 Å². The first-order valence-corrected chi connectivity index (χ1v) is 11.9. The van der Waals surface area contributed by atoms with E-state index in [4.69, 9.17) is 14.6 Å². The Bertz CT molecular complexity index is 974. The summed E-state index contributed by atoms with van der Waals surface area (Å²) < 4.78 is 11.9. The Morgan fingerprint density at radius 2 is 1.81 bits per heavy atom. The van der Waals surface area contributed by atoms with Gasteiger partial charge in [-0.2, -0.15) is 0 Å². The second-order valence-electron chi connectivity index (χ2n) is 7.90. The molecule has 3 aromatic rings. The number of ether oxygens (including phenoxy) is 2. The number of carboxylic acids is 1. The molecule has 4 rings (SSSR count). The molecule has 168 valence electrons. The molecule has 6 nitrogen and oxygen atoms in total. The molecule has 2 aromatic carbocycles. The molecule has 0 amide bonds. The van der Waals surface area contributed by atoms with Gasteiger partial charge in [0.2, 0.25) is 0 Å². The smallest absolute Gasteiger partial charge is 0.303 e. The van der Waals surface area contributed by atoms with Crippen LogP contribution in [0.4, 0.5) is 0 Å². The second kappa shape index (κ2) is 11.1. The molecule has 0 spiro atoms. The number of hydrogen-bond acceptors (Lipinski definition) is 6. The molecule has 7 heteroatoms. The van der Waals surface area contributed by atoms with E-state index in [1.807, 2.05) is 53.9 Å². The minimum atomic E-state index is -0.718. The predicted molar refractivity (Wildman–Crippen MR) is 126 cm³/mol. The molecular formula is C25H28N2O4S. The maximum absolute atomic E-state index is 10.7. The highest BCUT2D eigenvalue weighted by Crippen LogP contribution is 2.28. The van der Waals surface area contributed by atoms with Gasteiger partial charge in [0, 0.05) is 29.6 Å². The molecule has 1 aliphatic heterocycles. The molecule has 1 aliphatic rings. The molecule has 0 bridgehead atoms. The van der Waals surface area contributed by atoms with Crippen LogP contribution in [0.5, 0.6) is 17.2 Å². The first-order chi connectivity index (χ1) is 15.7. The van der Waals surface area contributed by atoms with Crippen molar-refractivity contribution in [1.82, 2.24) is 9.88 Å². The van der Waals surface area contributed by atoms with Crippen LogP contribution in [-0.4, -0.2) is 46.7 Å². The first kappa shape index (κ1) is 22.3. The molecule has 1 fully saturated rings. The number of carbonyl (C=O) groups is 1. The van der Waals surface area contributed by atoms with Crippen molar-refractivity contribution in [2.45, 2.75) is 38.1 Å². The number of likely N-dealkylation sites (tertiary alicyclic amines) is 1. The van der Waals surface area contributed by atoms with Crippen LogP contribution in [0.25, 0.3) is 10.6 Å². The number of benzene rings is 2. The Kier molecular flexibility index (Phi) is 7.74. The molecule has 1 atom stereocenters. The van der Waals surface area contributed by atoms with Gasteiger partial charge < -0.3 is 19.5 Å². The Morgan fingerprint density at radius 1 is 1.09 bits per heavy atom. The lowest BCUT2D eigenvalue weighted by molar-refractivity contribution is -0.137. The highest BCUT2D eigenvalue weighted by Gasteiger charge is 2.23. The molecule has 0 saturated carbocycles. The average Bonchev–Trinajstić information content (AvgIpc) is 3.48. The van der Waals surface area contributed by atoms with Gasteiger partial charge in [-0.1, -0.05) is 0 Å². The van der Waals surface area contributed by atoms with E-state index in [1.54, 1.807) is 17.5 Å². The van der Waals surface area contributed by atoms with Crippen molar-refractivity contribution in [3.63, 3.8) is 0 Å². The van der Waals surface area contributed by atoms with Gasteiger partial charge in [0.1, 0.15) is 22.3 Å². The fraction of sp³-hybridized carbons (Fsp3) is 0.360. The number of thiazole rings is 1. The van der Waals surface area contributed by atoms with Crippen molar-refractivity contribution in [2.24, 2.45) is 0 Å². The van der Waals surface area contributed by atoms with E-state index >= 15 is 0 Å². The van der Waals surface area contributed by atoms with Crippen LogP contribution in [0.3, 0.4) is 0 Å². The van der Waals surface area contributed by atoms with Crippen molar-refractivity contribution in [3.05, 3.63) is 60.1 Å². The predicted octanol–water partition coefficient (Wildman–Crippen LogP) is 5.70. The molecule has 1 N–H and O–H groups in total. The van der Waals surface area contributed by atoms with Crippen LogP contribution in [-0.2, 0) is 4.79 Å². The van der Waals surface area contributed by atoms with Gasteiger partial charge in [-0.25, -0.2) is 4.98 Å². The maximum atomic E-state index is 10.7. The Labute approximate surface area is 192 Å². The van der Waals surface area contributed by atoms with Crippen LogP contribution in [0.2, 0.25) is 0 Å². The zero-order chi connectivity index (χ0) is 22.2. The number of rotatable bonds is 11. The summed E-state index contributed by atoms with van der Waals surface area (Å²) in [5.74, 6) is 1.65. The van der Waals surface area contributed by atoms with E-state index in [2.05, 4.69) is 9.88 Å². The van der Waals surface area contributed by atoms with Crippen molar-refractivity contribution in [3.8, 4) is 27.8 Å². The van der Waals surface area contributed by atoms with Gasteiger partial charge in [-0.3, -0.25) is 4.79 Å². The summed E-state index contributed by atoms with van der Waals surface area (Å²) in [6.07, 6.45) is 6.04. The lowest BCUT2D eigenvalue weighted by atomic mass is 10.1. The number of hydrogen-bond donors (Lipinski definition) is 1. The molecule has 1 saturated heterocycles. The van der Waals surface area contributed by atoms with Gasteiger partial charge in [0.15, 0.2) is 0 Å². The number of nitrogens with zero attached hydrogens (tertiary/aromatic N) is 2. The van der Waals surface area contributed by atoms with Crippen molar-refractivity contribution >= 4 is 17.3 Å². The summed E-state index contributed by atoms with van der Waals surface area (Å²) >= 11 is 1.62. The number of aliphatic carboxylic acids is 1. The molecular weight excluding hydrogens is 424 g/mol. The van der Waals surface area contributed by atoms with E-state index < -0.39 is 5.97 Å². The van der Waals surface area contributed by atoms with Gasteiger partial charge in [-0.15, -0.1) is 11.3 Å². The minimum absolute atomic E-state index is 0.240. The van der Waals surface area contributed by atoms with E-state index in [0.717, 1.165) is 53.8 Å². The third-order valence-corrected chi connectivity index (χ3v) is 6.47. The number of carboxylic acid groups (broad SMARTS) is 1. The average molecular weight is 453 g/mol. The van der Waals surface area contributed by atoms with Gasteiger partial charge >= 0.3 is 5.97 Å². The lowest BCUT2D eigenvalue weighted by Crippen LogP contribution is -2.31. The monoisotopic (exact) mass is 452 g/mol. The van der Waals surface area contributed by atoms with Crippen LogP contribution in [0.15, 0.2) is 60.1 Å². The van der Waals surface area contributed by atoms with E-state index in [-0.39, 0.29) is 6.42 Å². The molecule has 32 heavy (non-hydrogen) atoms. The first-order valence-electron chi connectivity index (χ1n) is 11.0. The quantitative estimate of drug-likeness (QED) is 0.402. The number of aromatic nitrogens is 1. The SMILES string of the molecule is O=C(O)CCCN1CCC[C@@H]1CCOc1ccc(Oc2ccc(-c3nccs3)cc2)cc1. The third-order valence-electron chi connectivity index (χ3n) is 5.65. The van der Waals surface area contributed by atoms with E-state index in [9.17, 15) is 4.79 Å². The zero-order valence-corrected chi connectivity index (χ0v) is 18.8. The second-order valence-corrected chi connectivity index (χ2v) is 8.80. The van der Waals surface area contributed by atoms with Crippen molar-refractivity contribution in [1.29, 1.82) is 0 Å². The Hall–Kier alpha value is -2.90.